The quantitative estimate of drug-likeness (QED) is 0.142. The Hall–Kier alpha value is -7.80. The predicted molar refractivity (Wildman–Crippen MR) is 434 cm³/mol. The van der Waals surface area contributed by atoms with Crippen molar-refractivity contribution >= 4 is 0 Å². The molecule has 0 radical (unpaired) electrons. The topological polar surface area (TPSA) is 0 Å². The summed E-state index contributed by atoms with van der Waals surface area (Å²) in [5, 5.41) is 0. The number of hydrogen-bond donors (Lipinski definition) is 0. The van der Waals surface area contributed by atoms with Crippen molar-refractivity contribution in [1.82, 2.24) is 0 Å². The third kappa shape index (κ3) is 21.3. The molecule has 0 amide bonds. The van der Waals surface area contributed by atoms with Gasteiger partial charge in [-0.25, -0.2) is 0 Å². The Labute approximate surface area is 585 Å². The minimum atomic E-state index is 1.10. The van der Waals surface area contributed by atoms with E-state index < -0.39 is 0 Å². The summed E-state index contributed by atoms with van der Waals surface area (Å²) < 4.78 is 0. The molecule has 0 nitrogen and oxygen atoms in total. The van der Waals surface area contributed by atoms with Gasteiger partial charge in [0, 0.05) is 0 Å². The molecule has 0 atom stereocenters. The van der Waals surface area contributed by atoms with Gasteiger partial charge in [0.25, 0.3) is 0 Å². The van der Waals surface area contributed by atoms with Crippen molar-refractivity contribution < 1.29 is 0 Å². The fourth-order valence-corrected chi connectivity index (χ4v) is 12.8. The summed E-state index contributed by atoms with van der Waals surface area (Å²) in [6, 6.07) is 66.6. The van der Waals surface area contributed by atoms with Crippen LogP contribution in [-0.2, 0) is 32.1 Å². The van der Waals surface area contributed by atoms with E-state index in [4.69, 9.17) is 0 Å². The van der Waals surface area contributed by atoms with Crippen molar-refractivity contribution in [1.29, 1.82) is 0 Å². The Morgan fingerprint density at radius 2 is 0.526 bits per heavy atom. The maximum atomic E-state index is 2.34. The van der Waals surface area contributed by atoms with Crippen LogP contribution in [0.25, 0.3) is 55.6 Å². The minimum absolute atomic E-state index is 1.10. The first kappa shape index (κ1) is 85.2. The van der Waals surface area contributed by atoms with E-state index in [0.29, 0.717) is 0 Å². The lowest BCUT2D eigenvalue weighted by molar-refractivity contribution is 1.21. The zero-order chi connectivity index (χ0) is 72.1. The van der Waals surface area contributed by atoms with Crippen molar-refractivity contribution in [3.63, 3.8) is 0 Å². The van der Waals surface area contributed by atoms with Gasteiger partial charge in [-0.1, -0.05) is 332 Å². The average molecular weight is 1270 g/mol. The summed E-state index contributed by atoms with van der Waals surface area (Å²) in [7, 11) is 0. The van der Waals surface area contributed by atoms with Crippen LogP contribution < -0.4 is 0 Å². The SMILES string of the molecule is CC.CC.CC.CC.CC.CC.CC.CC.CC.CC.Cc1cc(C)c2c(c1)-c1ccccc1C2.Cc1cc(C)c2c(c1)Cc1ccccc1-2.Cc1cc2c(cc1C)-c1ccccc1C2.Cc1ccc(C)c2c1Cc1ccccc1-2.Cc1ccc2c(c1C)-c1ccccc1C2. The van der Waals surface area contributed by atoms with Crippen LogP contribution in [-0.4, -0.2) is 0 Å². The first-order valence-corrected chi connectivity index (χ1v) is 37.2. The molecule has 0 bridgehead atoms. The summed E-state index contributed by atoms with van der Waals surface area (Å²) in [6.07, 6.45) is 5.53. The first-order chi connectivity index (χ1) is 46.3. The van der Waals surface area contributed by atoms with Gasteiger partial charge >= 0.3 is 0 Å². The second-order valence-corrected chi connectivity index (χ2v) is 22.1. The van der Waals surface area contributed by atoms with Crippen molar-refractivity contribution in [2.24, 2.45) is 0 Å². The second kappa shape index (κ2) is 45.6. The van der Waals surface area contributed by atoms with Crippen LogP contribution in [0.5, 0.6) is 0 Å². The van der Waals surface area contributed by atoms with Gasteiger partial charge in [0.1, 0.15) is 0 Å². The normalized spacial score (nSPS) is 10.4. The summed E-state index contributed by atoms with van der Waals surface area (Å²) in [5.41, 5.74) is 43.4. The number of aryl methyl sites for hydroxylation is 9. The van der Waals surface area contributed by atoms with Crippen molar-refractivity contribution in [3.05, 3.63) is 293 Å². The molecular weight excluding hydrogens is 1140 g/mol. The van der Waals surface area contributed by atoms with Gasteiger partial charge in [-0.15, -0.1) is 0 Å². The third-order valence-electron chi connectivity index (χ3n) is 16.8. The fourth-order valence-electron chi connectivity index (χ4n) is 12.8. The van der Waals surface area contributed by atoms with Gasteiger partial charge in [0.2, 0.25) is 0 Å². The molecule has 0 saturated heterocycles. The van der Waals surface area contributed by atoms with E-state index in [1.807, 2.05) is 138 Å². The highest BCUT2D eigenvalue weighted by Crippen LogP contribution is 2.43. The average Bonchev–Trinajstić information content (AvgIpc) is 1.70. The highest BCUT2D eigenvalue weighted by molar-refractivity contribution is 5.83. The van der Waals surface area contributed by atoms with E-state index in [1.165, 1.54) is 167 Å². The molecule has 5 aliphatic rings. The van der Waals surface area contributed by atoms with E-state index in [2.05, 4.69) is 251 Å². The summed E-state index contributed by atoms with van der Waals surface area (Å²) in [6.45, 7) is 62.0. The molecule has 0 heteroatoms. The monoisotopic (exact) mass is 1270 g/mol. The van der Waals surface area contributed by atoms with Crippen molar-refractivity contribution in [2.75, 3.05) is 0 Å². The molecule has 15 rings (SSSR count). The minimum Gasteiger partial charge on any atom is -0.0683 e. The highest BCUT2D eigenvalue weighted by atomic mass is 14.3. The van der Waals surface area contributed by atoms with Crippen LogP contribution in [0.2, 0.25) is 0 Å². The molecule has 0 saturated carbocycles. The molecule has 0 aromatic heterocycles. The predicted octanol–water partition coefficient (Wildman–Crippen LogP) is 29.6. The summed E-state index contributed by atoms with van der Waals surface area (Å²) in [5.74, 6) is 0. The molecule has 10 aromatic carbocycles. The van der Waals surface area contributed by atoms with Crippen LogP contribution in [0.3, 0.4) is 0 Å². The standard InChI is InChI=1S/5C15H14.10C2H6/c1-10-7-13-9-12-5-3-4-6-14(12)15(13)8-11(10)2;1-10-7-11(2)15-13(8-10)9-12-5-3-4-6-14(12)15;1-10-7-11(2)14-9-12-5-3-4-6-13(12)15(14)8-10;1-10-7-8-13-9-12-5-3-4-6-14(12)15(13)11(10)2;1-10-7-8-11(2)15-13-6-4-3-5-12(13)9-14(10)15;10*1-2/h5*3-8H,9H2,1-2H3;10*1-2H3. The summed E-state index contributed by atoms with van der Waals surface area (Å²) in [4.78, 5) is 0. The van der Waals surface area contributed by atoms with Gasteiger partial charge in [-0.2, -0.15) is 0 Å². The van der Waals surface area contributed by atoms with E-state index in [-0.39, 0.29) is 0 Å². The smallest absolute Gasteiger partial charge is 0.00107 e. The lowest BCUT2D eigenvalue weighted by atomic mass is 9.97. The third-order valence-corrected chi connectivity index (χ3v) is 16.8. The molecule has 0 heterocycles. The van der Waals surface area contributed by atoms with Crippen LogP contribution in [0, 0.1) is 69.2 Å². The first-order valence-electron chi connectivity index (χ1n) is 37.2. The fraction of sp³-hybridized carbons (Fsp3) is 0.368. The maximum absolute atomic E-state index is 2.34. The highest BCUT2D eigenvalue weighted by Gasteiger charge is 2.24. The number of fused-ring (bicyclic) bond motifs is 15. The maximum Gasteiger partial charge on any atom is -0.00107 e. The Morgan fingerprint density at radius 1 is 0.179 bits per heavy atom. The molecule has 0 N–H and O–H groups in total. The number of benzene rings is 10. The van der Waals surface area contributed by atoms with E-state index >= 15 is 0 Å². The van der Waals surface area contributed by atoms with Crippen LogP contribution in [0.1, 0.15) is 250 Å². The Bertz CT molecular complexity index is 3840. The van der Waals surface area contributed by atoms with Crippen LogP contribution in [0.15, 0.2) is 182 Å². The molecule has 10 aromatic rings. The Balaban J connectivity index is 0.000000556. The molecular formula is C95H130. The van der Waals surface area contributed by atoms with Gasteiger partial charge in [-0.05, 0) is 257 Å². The number of hydrogen-bond acceptors (Lipinski definition) is 0. The molecule has 0 spiro atoms. The van der Waals surface area contributed by atoms with E-state index in [1.54, 1.807) is 0 Å². The molecule has 95 heavy (non-hydrogen) atoms. The van der Waals surface area contributed by atoms with E-state index in [0.717, 1.165) is 32.1 Å². The zero-order valence-electron chi connectivity index (χ0n) is 65.9. The van der Waals surface area contributed by atoms with Crippen LogP contribution >= 0.6 is 0 Å². The summed E-state index contributed by atoms with van der Waals surface area (Å²) >= 11 is 0. The molecule has 510 valence electrons. The number of rotatable bonds is 0. The lowest BCUT2D eigenvalue weighted by Gasteiger charge is -2.08. The van der Waals surface area contributed by atoms with Gasteiger partial charge < -0.3 is 0 Å². The molecule has 0 unspecified atom stereocenters. The van der Waals surface area contributed by atoms with Crippen molar-refractivity contribution in [2.45, 2.75) is 240 Å². The lowest BCUT2D eigenvalue weighted by Crippen LogP contribution is -1.88. The van der Waals surface area contributed by atoms with E-state index in [9.17, 15) is 0 Å². The van der Waals surface area contributed by atoms with Crippen LogP contribution in [0.4, 0.5) is 0 Å². The van der Waals surface area contributed by atoms with Gasteiger partial charge in [0.15, 0.2) is 0 Å². The Morgan fingerprint density at radius 3 is 1.04 bits per heavy atom. The van der Waals surface area contributed by atoms with Gasteiger partial charge in [-0.3, -0.25) is 0 Å². The Kier molecular flexibility index (Phi) is 40.9. The second-order valence-electron chi connectivity index (χ2n) is 22.1. The molecule has 5 aliphatic carbocycles. The van der Waals surface area contributed by atoms with Gasteiger partial charge in [0.05, 0.1) is 0 Å². The largest absolute Gasteiger partial charge is 0.0683 e. The molecule has 0 fully saturated rings. The molecule has 0 aliphatic heterocycles. The zero-order valence-corrected chi connectivity index (χ0v) is 65.9. The van der Waals surface area contributed by atoms with Crippen molar-refractivity contribution in [3.8, 4) is 55.6 Å².